The standard InChI is InChI=1S/C3H5O2S/c1-2(6)3(4)5/h2H,1H3,(H,4,5). The second kappa shape index (κ2) is 2.08. The predicted octanol–water partition coefficient (Wildman–Crippen LogP) is 0.657. The summed E-state index contributed by atoms with van der Waals surface area (Å²) in [5.41, 5.74) is 0. The molecule has 0 rings (SSSR count). The van der Waals surface area contributed by atoms with Crippen LogP contribution >= 0.6 is 12.6 Å². The largest absolute Gasteiger partial charge is 0.480 e. The molecule has 6 heavy (non-hydrogen) atoms. The Bertz CT molecular complexity index is 59.8. The molecule has 1 radical (unpaired) electrons. The molecule has 0 aromatic carbocycles. The summed E-state index contributed by atoms with van der Waals surface area (Å²) in [4.78, 5) is 9.59. The van der Waals surface area contributed by atoms with Gasteiger partial charge in [0.1, 0.15) is 5.25 Å². The van der Waals surface area contributed by atoms with Crippen LogP contribution in [0.2, 0.25) is 0 Å². The first-order valence-electron chi connectivity index (χ1n) is 1.53. The van der Waals surface area contributed by atoms with Crippen molar-refractivity contribution in [3.8, 4) is 0 Å². The molecule has 3 heteroatoms. The van der Waals surface area contributed by atoms with E-state index in [1.165, 1.54) is 6.92 Å². The summed E-state index contributed by atoms with van der Waals surface area (Å²) in [6.07, 6.45) is 0. The number of carboxylic acids is 1. The number of hydrogen-bond acceptors (Lipinski definition) is 1. The Morgan fingerprint density at radius 1 is 2.00 bits per heavy atom. The molecule has 0 aliphatic rings. The zero-order valence-corrected chi connectivity index (χ0v) is 4.16. The van der Waals surface area contributed by atoms with Crippen LogP contribution in [0.4, 0.5) is 0 Å². The lowest BCUT2D eigenvalue weighted by Crippen LogP contribution is -2.06. The third-order valence-electron chi connectivity index (χ3n) is 0.348. The Morgan fingerprint density at radius 2 is 2.17 bits per heavy atom. The minimum atomic E-state index is -0.926. The highest BCUT2D eigenvalue weighted by Crippen LogP contribution is 1.88. The Kier molecular flexibility index (Phi) is 2.01. The van der Waals surface area contributed by atoms with Gasteiger partial charge in [0, 0.05) is 0 Å². The maximum absolute atomic E-state index is 9.59. The molecule has 0 bridgehead atoms. The van der Waals surface area contributed by atoms with E-state index in [1.54, 1.807) is 0 Å². The third kappa shape index (κ3) is 2.08. The van der Waals surface area contributed by atoms with Gasteiger partial charge in [-0.25, -0.2) is 0 Å². The van der Waals surface area contributed by atoms with E-state index in [9.17, 15) is 4.79 Å². The fourth-order valence-corrected chi connectivity index (χ4v) is 0. The number of carbonyl (C=O) groups is 1. The smallest absolute Gasteiger partial charge is 0.317 e. The van der Waals surface area contributed by atoms with Crippen LogP contribution in [0.1, 0.15) is 6.92 Å². The SMILES string of the molecule is CC([S])C(=O)O. The second-order valence-corrected chi connectivity index (χ2v) is 1.69. The van der Waals surface area contributed by atoms with E-state index >= 15 is 0 Å². The summed E-state index contributed by atoms with van der Waals surface area (Å²) in [7, 11) is 0. The van der Waals surface area contributed by atoms with Crippen LogP contribution in [-0.4, -0.2) is 16.3 Å². The highest BCUT2D eigenvalue weighted by atomic mass is 32.1. The van der Waals surface area contributed by atoms with Crippen LogP contribution in [0, 0.1) is 0 Å². The molecule has 0 aliphatic carbocycles. The molecule has 0 aromatic heterocycles. The second-order valence-electron chi connectivity index (χ2n) is 0.980. The lowest BCUT2D eigenvalue weighted by atomic mass is 10.5. The molecule has 0 fully saturated rings. The number of aliphatic carboxylic acids is 1. The summed E-state index contributed by atoms with van der Waals surface area (Å²) in [5, 5.41) is 7.24. The van der Waals surface area contributed by atoms with Crippen LogP contribution in [0.5, 0.6) is 0 Å². The van der Waals surface area contributed by atoms with Crippen LogP contribution in [0.15, 0.2) is 0 Å². The van der Waals surface area contributed by atoms with E-state index in [0.717, 1.165) is 0 Å². The topological polar surface area (TPSA) is 37.3 Å². The Labute approximate surface area is 41.6 Å². The van der Waals surface area contributed by atoms with Gasteiger partial charge in [-0.15, -0.1) is 0 Å². The Balaban J connectivity index is 3.26. The first-order valence-corrected chi connectivity index (χ1v) is 2.00. The maximum atomic E-state index is 9.59. The molecule has 0 saturated carbocycles. The zero-order valence-electron chi connectivity index (χ0n) is 3.34. The molecule has 0 amide bonds. The van der Waals surface area contributed by atoms with Gasteiger partial charge in [0.25, 0.3) is 0 Å². The van der Waals surface area contributed by atoms with E-state index in [4.69, 9.17) is 5.11 Å². The fraction of sp³-hybridized carbons (Fsp3) is 0.667. The molecule has 1 N–H and O–H groups in total. The van der Waals surface area contributed by atoms with Crippen LogP contribution in [-0.2, 0) is 4.79 Å². The molecule has 0 heterocycles. The van der Waals surface area contributed by atoms with Gasteiger partial charge in [-0.3, -0.25) is 4.79 Å². The van der Waals surface area contributed by atoms with E-state index in [-0.39, 0.29) is 0 Å². The average molecular weight is 105 g/mol. The average Bonchev–Trinajstić information content (AvgIpc) is 1.36. The minimum absolute atomic E-state index is 0.648. The van der Waals surface area contributed by atoms with Gasteiger partial charge in [-0.05, 0) is 6.92 Å². The van der Waals surface area contributed by atoms with Gasteiger partial charge in [0.15, 0.2) is 0 Å². The van der Waals surface area contributed by atoms with Crippen molar-refractivity contribution in [2.75, 3.05) is 0 Å². The summed E-state index contributed by atoms with van der Waals surface area (Å²) in [6, 6.07) is 0. The number of rotatable bonds is 1. The molecular weight excluding hydrogens is 100 g/mol. The summed E-state index contributed by atoms with van der Waals surface area (Å²) in [6.45, 7) is 1.46. The molecule has 1 unspecified atom stereocenters. The van der Waals surface area contributed by atoms with Crippen LogP contribution in [0.25, 0.3) is 0 Å². The number of hydrogen-bond donors (Lipinski definition) is 1. The molecule has 0 saturated heterocycles. The number of carboxylic acid groups (broad SMARTS) is 1. The highest BCUT2D eigenvalue weighted by molar-refractivity contribution is 7.81. The van der Waals surface area contributed by atoms with Gasteiger partial charge in [0.05, 0.1) is 0 Å². The van der Waals surface area contributed by atoms with E-state index in [1.807, 2.05) is 0 Å². The summed E-state index contributed by atoms with van der Waals surface area (Å²) >= 11 is 4.30. The third-order valence-corrected chi connectivity index (χ3v) is 0.549. The fourth-order valence-electron chi connectivity index (χ4n) is 0. The van der Waals surface area contributed by atoms with Crippen LogP contribution < -0.4 is 0 Å². The Morgan fingerprint density at radius 3 is 2.17 bits per heavy atom. The predicted molar refractivity (Wildman–Crippen MR) is 24.7 cm³/mol. The maximum Gasteiger partial charge on any atom is 0.317 e. The van der Waals surface area contributed by atoms with Gasteiger partial charge >= 0.3 is 5.97 Å². The molecule has 0 aromatic rings. The van der Waals surface area contributed by atoms with Gasteiger partial charge in [-0.1, -0.05) is 12.6 Å². The van der Waals surface area contributed by atoms with Crippen molar-refractivity contribution in [1.29, 1.82) is 0 Å². The monoisotopic (exact) mass is 105 g/mol. The quantitative estimate of drug-likeness (QED) is 0.531. The van der Waals surface area contributed by atoms with Crippen molar-refractivity contribution in [2.45, 2.75) is 12.2 Å². The minimum Gasteiger partial charge on any atom is -0.480 e. The molecule has 2 nitrogen and oxygen atoms in total. The van der Waals surface area contributed by atoms with Gasteiger partial charge in [0.2, 0.25) is 0 Å². The molecular formula is C3H5O2S. The lowest BCUT2D eigenvalue weighted by molar-refractivity contribution is -0.136. The summed E-state index contributed by atoms with van der Waals surface area (Å²) < 4.78 is 0. The van der Waals surface area contributed by atoms with Crippen molar-refractivity contribution in [3.63, 3.8) is 0 Å². The molecule has 0 aliphatic heterocycles. The van der Waals surface area contributed by atoms with E-state index in [0.29, 0.717) is 0 Å². The van der Waals surface area contributed by atoms with Crippen molar-refractivity contribution < 1.29 is 9.90 Å². The molecule has 35 valence electrons. The first kappa shape index (κ1) is 5.82. The summed E-state index contributed by atoms with van der Waals surface area (Å²) in [5.74, 6) is -0.926. The van der Waals surface area contributed by atoms with Crippen molar-refractivity contribution in [2.24, 2.45) is 0 Å². The van der Waals surface area contributed by atoms with Gasteiger partial charge < -0.3 is 5.11 Å². The Hall–Kier alpha value is -0.180. The molecule has 1 atom stereocenters. The zero-order chi connectivity index (χ0) is 5.15. The lowest BCUT2D eigenvalue weighted by Gasteiger charge is -1.87. The van der Waals surface area contributed by atoms with E-state index < -0.39 is 11.2 Å². The normalized spacial score (nSPS) is 13.7. The highest BCUT2D eigenvalue weighted by Gasteiger charge is 2.01. The van der Waals surface area contributed by atoms with Crippen molar-refractivity contribution in [1.82, 2.24) is 0 Å². The van der Waals surface area contributed by atoms with Crippen molar-refractivity contribution in [3.05, 3.63) is 0 Å². The van der Waals surface area contributed by atoms with Crippen molar-refractivity contribution >= 4 is 18.6 Å². The van der Waals surface area contributed by atoms with Crippen LogP contribution in [0.3, 0.4) is 0 Å². The first-order chi connectivity index (χ1) is 2.64. The van der Waals surface area contributed by atoms with E-state index in [2.05, 4.69) is 12.6 Å². The van der Waals surface area contributed by atoms with Gasteiger partial charge in [-0.2, -0.15) is 0 Å². The molecule has 0 spiro atoms.